The van der Waals surface area contributed by atoms with Crippen LogP contribution in [0.4, 0.5) is 5.69 Å². The molecule has 5 nitrogen and oxygen atoms in total. The number of rotatable bonds is 4. The lowest BCUT2D eigenvalue weighted by molar-refractivity contribution is -0.156. The number of carbonyl (C=O) groups is 1. The van der Waals surface area contributed by atoms with Crippen LogP contribution in [-0.2, 0) is 9.53 Å². The Morgan fingerprint density at radius 3 is 2.35 bits per heavy atom. The maximum atomic E-state index is 11.6. The van der Waals surface area contributed by atoms with E-state index in [1.807, 2.05) is 24.3 Å². The molecule has 110 valence electrons. The standard InChI is InChI=1S/C15H22N2O3/c1-15(2,14(18)19-3)20-13-6-4-12(5-7-13)17-10-8-16-9-11-17/h4-7,16H,8-11H2,1-3H3. The highest BCUT2D eigenvalue weighted by molar-refractivity contribution is 5.78. The number of nitrogens with one attached hydrogen (secondary N) is 1. The summed E-state index contributed by atoms with van der Waals surface area (Å²) >= 11 is 0. The molecule has 0 radical (unpaired) electrons. The minimum absolute atomic E-state index is 0.385. The summed E-state index contributed by atoms with van der Waals surface area (Å²) in [7, 11) is 1.36. The van der Waals surface area contributed by atoms with Gasteiger partial charge in [0, 0.05) is 31.9 Å². The first-order valence-electron chi connectivity index (χ1n) is 6.86. The van der Waals surface area contributed by atoms with Gasteiger partial charge in [0.2, 0.25) is 0 Å². The lowest BCUT2D eigenvalue weighted by atomic mass is 10.1. The van der Waals surface area contributed by atoms with Crippen LogP contribution >= 0.6 is 0 Å². The van der Waals surface area contributed by atoms with Crippen molar-refractivity contribution in [3.8, 4) is 5.75 Å². The second-order valence-corrected chi connectivity index (χ2v) is 5.33. The monoisotopic (exact) mass is 278 g/mol. The average molecular weight is 278 g/mol. The lowest BCUT2D eigenvalue weighted by Gasteiger charge is -2.30. The smallest absolute Gasteiger partial charge is 0.349 e. The Labute approximate surface area is 119 Å². The summed E-state index contributed by atoms with van der Waals surface area (Å²) in [6, 6.07) is 7.83. The van der Waals surface area contributed by atoms with Gasteiger partial charge < -0.3 is 19.7 Å². The molecule has 0 saturated carbocycles. The lowest BCUT2D eigenvalue weighted by Crippen LogP contribution is -2.43. The van der Waals surface area contributed by atoms with Crippen LogP contribution in [-0.4, -0.2) is 44.9 Å². The average Bonchev–Trinajstić information content (AvgIpc) is 2.47. The number of hydrogen-bond acceptors (Lipinski definition) is 5. The molecule has 0 aliphatic carbocycles. The van der Waals surface area contributed by atoms with Crippen molar-refractivity contribution in [3.05, 3.63) is 24.3 Å². The van der Waals surface area contributed by atoms with Gasteiger partial charge in [-0.1, -0.05) is 0 Å². The maximum Gasteiger partial charge on any atom is 0.349 e. The van der Waals surface area contributed by atoms with Crippen molar-refractivity contribution in [1.29, 1.82) is 0 Å². The number of nitrogens with zero attached hydrogens (tertiary/aromatic N) is 1. The van der Waals surface area contributed by atoms with Crippen molar-refractivity contribution in [2.75, 3.05) is 38.2 Å². The number of anilines is 1. The van der Waals surface area contributed by atoms with E-state index in [1.54, 1.807) is 13.8 Å². The van der Waals surface area contributed by atoms with E-state index < -0.39 is 5.60 Å². The number of piperazine rings is 1. The highest BCUT2D eigenvalue weighted by atomic mass is 16.6. The quantitative estimate of drug-likeness (QED) is 0.844. The fourth-order valence-corrected chi connectivity index (χ4v) is 2.23. The van der Waals surface area contributed by atoms with Gasteiger partial charge in [-0.25, -0.2) is 4.79 Å². The summed E-state index contributed by atoms with van der Waals surface area (Å²) in [5.41, 5.74) is 0.195. The van der Waals surface area contributed by atoms with Gasteiger partial charge in [-0.15, -0.1) is 0 Å². The third-order valence-electron chi connectivity index (χ3n) is 3.37. The zero-order valence-corrected chi connectivity index (χ0v) is 12.3. The topological polar surface area (TPSA) is 50.8 Å². The van der Waals surface area contributed by atoms with Crippen LogP contribution in [0, 0.1) is 0 Å². The molecule has 1 fully saturated rings. The number of esters is 1. The van der Waals surface area contributed by atoms with Crippen molar-refractivity contribution in [2.24, 2.45) is 0 Å². The molecule has 0 bridgehead atoms. The van der Waals surface area contributed by atoms with Crippen LogP contribution in [0.5, 0.6) is 5.75 Å². The SMILES string of the molecule is COC(=O)C(C)(C)Oc1ccc(N2CCNCC2)cc1. The van der Waals surface area contributed by atoms with E-state index in [-0.39, 0.29) is 5.97 Å². The van der Waals surface area contributed by atoms with Crippen molar-refractivity contribution in [2.45, 2.75) is 19.4 Å². The number of carbonyl (C=O) groups excluding carboxylic acids is 1. The van der Waals surface area contributed by atoms with Crippen LogP contribution in [0.15, 0.2) is 24.3 Å². The zero-order chi connectivity index (χ0) is 14.6. The van der Waals surface area contributed by atoms with Gasteiger partial charge in [0.1, 0.15) is 5.75 Å². The summed E-state index contributed by atoms with van der Waals surface area (Å²) in [5, 5.41) is 3.33. The summed E-state index contributed by atoms with van der Waals surface area (Å²) in [5.74, 6) is 0.281. The van der Waals surface area contributed by atoms with E-state index in [4.69, 9.17) is 9.47 Å². The minimum Gasteiger partial charge on any atom is -0.476 e. The van der Waals surface area contributed by atoms with Crippen molar-refractivity contribution >= 4 is 11.7 Å². The van der Waals surface area contributed by atoms with E-state index in [2.05, 4.69) is 10.2 Å². The summed E-state index contributed by atoms with van der Waals surface area (Å²) in [4.78, 5) is 13.9. The fourth-order valence-electron chi connectivity index (χ4n) is 2.23. The first-order chi connectivity index (χ1) is 9.53. The maximum absolute atomic E-state index is 11.6. The molecule has 20 heavy (non-hydrogen) atoms. The van der Waals surface area contributed by atoms with Crippen molar-refractivity contribution in [3.63, 3.8) is 0 Å². The Bertz CT molecular complexity index is 451. The van der Waals surface area contributed by atoms with Gasteiger partial charge in [-0.2, -0.15) is 0 Å². The first kappa shape index (κ1) is 14.7. The Morgan fingerprint density at radius 1 is 1.20 bits per heavy atom. The highest BCUT2D eigenvalue weighted by Gasteiger charge is 2.31. The molecular weight excluding hydrogens is 256 g/mol. The molecule has 1 aromatic rings. The molecule has 1 aliphatic rings. The van der Waals surface area contributed by atoms with Crippen LogP contribution < -0.4 is 15.0 Å². The highest BCUT2D eigenvalue weighted by Crippen LogP contribution is 2.23. The fraction of sp³-hybridized carbons (Fsp3) is 0.533. The molecule has 1 aromatic carbocycles. The minimum atomic E-state index is -0.981. The molecule has 0 spiro atoms. The van der Waals surface area contributed by atoms with Crippen molar-refractivity contribution in [1.82, 2.24) is 5.32 Å². The molecule has 1 aliphatic heterocycles. The van der Waals surface area contributed by atoms with Crippen LogP contribution in [0.3, 0.4) is 0 Å². The number of hydrogen-bond donors (Lipinski definition) is 1. The summed E-state index contributed by atoms with van der Waals surface area (Å²) < 4.78 is 10.4. The molecule has 1 N–H and O–H groups in total. The number of ether oxygens (including phenoxy) is 2. The molecule has 0 unspecified atom stereocenters. The molecule has 0 amide bonds. The number of methoxy groups -OCH3 is 1. The van der Waals surface area contributed by atoms with Crippen LogP contribution in [0.2, 0.25) is 0 Å². The molecule has 5 heteroatoms. The van der Waals surface area contributed by atoms with Crippen LogP contribution in [0.1, 0.15) is 13.8 Å². The van der Waals surface area contributed by atoms with E-state index in [0.717, 1.165) is 26.2 Å². The second kappa shape index (κ2) is 6.13. The Hall–Kier alpha value is -1.75. The third kappa shape index (κ3) is 3.42. The molecule has 1 heterocycles. The predicted molar refractivity (Wildman–Crippen MR) is 78.2 cm³/mol. The molecular formula is C15H22N2O3. The van der Waals surface area contributed by atoms with Crippen LogP contribution in [0.25, 0.3) is 0 Å². The van der Waals surface area contributed by atoms with E-state index in [0.29, 0.717) is 5.75 Å². The van der Waals surface area contributed by atoms with Crippen molar-refractivity contribution < 1.29 is 14.3 Å². The van der Waals surface area contributed by atoms with Gasteiger partial charge in [0.25, 0.3) is 0 Å². The van der Waals surface area contributed by atoms with E-state index in [1.165, 1.54) is 12.8 Å². The Kier molecular flexibility index (Phi) is 4.49. The van der Waals surface area contributed by atoms with Gasteiger partial charge >= 0.3 is 5.97 Å². The van der Waals surface area contributed by atoms with Gasteiger partial charge in [-0.05, 0) is 38.1 Å². The Balaban J connectivity index is 2.02. The largest absolute Gasteiger partial charge is 0.476 e. The zero-order valence-electron chi connectivity index (χ0n) is 12.3. The summed E-state index contributed by atoms with van der Waals surface area (Å²) in [6.07, 6.45) is 0. The summed E-state index contributed by atoms with van der Waals surface area (Å²) in [6.45, 7) is 7.43. The second-order valence-electron chi connectivity index (χ2n) is 5.33. The molecule has 0 atom stereocenters. The van der Waals surface area contributed by atoms with Gasteiger partial charge in [0.15, 0.2) is 5.60 Å². The van der Waals surface area contributed by atoms with E-state index in [9.17, 15) is 4.79 Å². The number of benzene rings is 1. The predicted octanol–water partition coefficient (Wildman–Crippen LogP) is 1.43. The van der Waals surface area contributed by atoms with Gasteiger partial charge in [0.05, 0.1) is 7.11 Å². The third-order valence-corrected chi connectivity index (χ3v) is 3.37. The Morgan fingerprint density at radius 2 is 1.80 bits per heavy atom. The normalized spacial score (nSPS) is 15.8. The molecule has 0 aromatic heterocycles. The first-order valence-corrected chi connectivity index (χ1v) is 6.86. The van der Waals surface area contributed by atoms with Gasteiger partial charge in [-0.3, -0.25) is 0 Å². The molecule has 1 saturated heterocycles. The molecule has 2 rings (SSSR count). The van der Waals surface area contributed by atoms with E-state index >= 15 is 0 Å².